The summed E-state index contributed by atoms with van der Waals surface area (Å²) in [4.78, 5) is 16.3. The monoisotopic (exact) mass is 468 g/mol. The number of carbonyl (C=O) groups is 1. The minimum atomic E-state index is -0.0279. The van der Waals surface area contributed by atoms with Crippen molar-refractivity contribution in [1.82, 2.24) is 10.6 Å². The van der Waals surface area contributed by atoms with E-state index in [0.717, 1.165) is 18.2 Å². The normalized spacial score (nSPS) is 10.7. The average Bonchev–Trinajstić information content (AvgIpc) is 2.54. The maximum Gasteiger partial charge on any atom is 0.224 e. The first-order valence-corrected chi connectivity index (χ1v) is 8.10. The molecule has 0 aliphatic carbocycles. The molecule has 0 aliphatic rings. The van der Waals surface area contributed by atoms with Crippen LogP contribution < -0.4 is 16.0 Å². The third-order valence-electron chi connectivity index (χ3n) is 2.90. The lowest BCUT2D eigenvalue weighted by Gasteiger charge is -2.10. The minimum absolute atomic E-state index is 0. The van der Waals surface area contributed by atoms with Gasteiger partial charge in [0.2, 0.25) is 5.91 Å². The molecule has 0 aliphatic heterocycles. The number of hydrogen-bond acceptors (Lipinski definition) is 3. The van der Waals surface area contributed by atoms with Crippen LogP contribution in [0, 0.1) is 0 Å². The summed E-state index contributed by atoms with van der Waals surface area (Å²) >= 11 is 5.80. The van der Waals surface area contributed by atoms with Gasteiger partial charge in [-0.05, 0) is 37.6 Å². The molecule has 0 spiro atoms. The molecule has 0 saturated heterocycles. The molecule has 0 atom stereocenters. The van der Waals surface area contributed by atoms with Crippen molar-refractivity contribution in [1.29, 1.82) is 0 Å². The maximum atomic E-state index is 11.8. The molecule has 0 bridgehead atoms. The fourth-order valence-electron chi connectivity index (χ4n) is 1.80. The molecule has 0 fully saturated rings. The number of nitrogens with one attached hydrogen (secondary N) is 3. The topological polar surface area (TPSA) is 74.8 Å². The van der Waals surface area contributed by atoms with Crippen molar-refractivity contribution in [2.75, 3.05) is 38.7 Å². The van der Waals surface area contributed by atoms with Crippen LogP contribution in [0.4, 0.5) is 5.69 Å². The number of hydrogen-bond donors (Lipinski definition) is 3. The summed E-state index contributed by atoms with van der Waals surface area (Å²) < 4.78 is 4.98. The number of guanidine groups is 1. The van der Waals surface area contributed by atoms with Gasteiger partial charge in [-0.25, -0.2) is 0 Å². The molecule has 1 aromatic rings. The highest BCUT2D eigenvalue weighted by Gasteiger charge is 2.02. The van der Waals surface area contributed by atoms with E-state index in [4.69, 9.17) is 16.3 Å². The van der Waals surface area contributed by atoms with Gasteiger partial charge in [0.05, 0.1) is 6.61 Å². The number of carbonyl (C=O) groups excluding carboxylic acids is 1. The Bertz CT molecular complexity index is 497. The summed E-state index contributed by atoms with van der Waals surface area (Å²) in [5, 5.41) is 9.78. The summed E-state index contributed by atoms with van der Waals surface area (Å²) in [7, 11) is 1.66. The van der Waals surface area contributed by atoms with Crippen molar-refractivity contribution in [3.8, 4) is 0 Å². The van der Waals surface area contributed by atoms with Crippen LogP contribution in [0.2, 0.25) is 5.02 Å². The van der Waals surface area contributed by atoms with Gasteiger partial charge in [0, 0.05) is 43.9 Å². The van der Waals surface area contributed by atoms with Crippen LogP contribution in [0.1, 0.15) is 19.8 Å². The molecule has 1 amide bonds. The molecule has 136 valence electrons. The first kappa shape index (κ1) is 22.9. The Morgan fingerprint density at radius 3 is 2.58 bits per heavy atom. The quantitative estimate of drug-likeness (QED) is 0.225. The molecule has 0 saturated carbocycles. The van der Waals surface area contributed by atoms with E-state index in [0.29, 0.717) is 37.6 Å². The van der Waals surface area contributed by atoms with Crippen molar-refractivity contribution in [3.63, 3.8) is 0 Å². The number of anilines is 1. The predicted molar refractivity (Wildman–Crippen MR) is 111 cm³/mol. The second kappa shape index (κ2) is 14.3. The Hall–Kier alpha value is -1.06. The first-order valence-electron chi connectivity index (χ1n) is 7.72. The van der Waals surface area contributed by atoms with E-state index < -0.39 is 0 Å². The second-order valence-corrected chi connectivity index (χ2v) is 5.28. The Morgan fingerprint density at radius 1 is 1.25 bits per heavy atom. The summed E-state index contributed by atoms with van der Waals surface area (Å²) in [6.07, 6.45) is 1.10. The average molecular weight is 469 g/mol. The second-order valence-electron chi connectivity index (χ2n) is 4.84. The highest BCUT2D eigenvalue weighted by Crippen LogP contribution is 2.13. The third-order valence-corrected chi connectivity index (χ3v) is 3.15. The van der Waals surface area contributed by atoms with Gasteiger partial charge in [0.1, 0.15) is 0 Å². The number of amides is 1. The zero-order chi connectivity index (χ0) is 16.9. The molecule has 24 heavy (non-hydrogen) atoms. The lowest BCUT2D eigenvalue weighted by atomic mass is 10.2. The SMILES string of the molecule is CCNC(=NCCCC(=O)Nc1ccc(Cl)cc1)NCCOC.I. The Morgan fingerprint density at radius 2 is 1.96 bits per heavy atom. The molecule has 0 unspecified atom stereocenters. The molecular weight excluding hydrogens is 443 g/mol. The molecule has 0 heterocycles. The van der Waals surface area contributed by atoms with Crippen molar-refractivity contribution in [2.24, 2.45) is 4.99 Å². The Labute approximate surface area is 165 Å². The van der Waals surface area contributed by atoms with Crippen LogP contribution in [0.5, 0.6) is 0 Å². The van der Waals surface area contributed by atoms with Gasteiger partial charge in [-0.3, -0.25) is 9.79 Å². The van der Waals surface area contributed by atoms with Gasteiger partial charge >= 0.3 is 0 Å². The molecule has 0 aromatic heterocycles. The van der Waals surface area contributed by atoms with Crippen molar-refractivity contribution in [3.05, 3.63) is 29.3 Å². The Kier molecular flexibility index (Phi) is 13.7. The van der Waals surface area contributed by atoms with Crippen LogP contribution >= 0.6 is 35.6 Å². The largest absolute Gasteiger partial charge is 0.383 e. The highest BCUT2D eigenvalue weighted by molar-refractivity contribution is 14.0. The van der Waals surface area contributed by atoms with Gasteiger partial charge in [0.15, 0.2) is 5.96 Å². The lowest BCUT2D eigenvalue weighted by molar-refractivity contribution is -0.116. The van der Waals surface area contributed by atoms with Crippen LogP contribution in [0.3, 0.4) is 0 Å². The van der Waals surface area contributed by atoms with E-state index in [1.54, 1.807) is 31.4 Å². The first-order chi connectivity index (χ1) is 11.2. The van der Waals surface area contributed by atoms with E-state index in [1.165, 1.54) is 0 Å². The standard InChI is InChI=1S/C16H25ClN4O2.HI/c1-3-18-16(20-11-12-23-2)19-10-4-5-15(22)21-14-8-6-13(17)7-9-14;/h6-9H,3-5,10-12H2,1-2H3,(H,21,22)(H2,18,19,20);1H. The highest BCUT2D eigenvalue weighted by atomic mass is 127. The number of nitrogens with zero attached hydrogens (tertiary/aromatic N) is 1. The number of rotatable bonds is 9. The minimum Gasteiger partial charge on any atom is -0.383 e. The molecule has 3 N–H and O–H groups in total. The third kappa shape index (κ3) is 10.7. The zero-order valence-corrected chi connectivity index (χ0v) is 17.2. The molecule has 1 rings (SSSR count). The Balaban J connectivity index is 0.00000529. The summed E-state index contributed by atoms with van der Waals surface area (Å²) in [6.45, 7) is 4.69. The van der Waals surface area contributed by atoms with Crippen LogP contribution in [-0.2, 0) is 9.53 Å². The fourth-order valence-corrected chi connectivity index (χ4v) is 1.93. The molecule has 1 aromatic carbocycles. The smallest absolute Gasteiger partial charge is 0.224 e. The number of methoxy groups -OCH3 is 1. The van der Waals surface area contributed by atoms with Crippen molar-refractivity contribution in [2.45, 2.75) is 19.8 Å². The van der Waals surface area contributed by atoms with Gasteiger partial charge < -0.3 is 20.7 Å². The number of ether oxygens (including phenoxy) is 1. The van der Waals surface area contributed by atoms with Gasteiger partial charge in [-0.15, -0.1) is 24.0 Å². The lowest BCUT2D eigenvalue weighted by Crippen LogP contribution is -2.39. The zero-order valence-electron chi connectivity index (χ0n) is 14.1. The van der Waals surface area contributed by atoms with Crippen LogP contribution in [0.25, 0.3) is 0 Å². The van der Waals surface area contributed by atoms with Crippen molar-refractivity contribution >= 4 is 53.1 Å². The van der Waals surface area contributed by atoms with E-state index in [-0.39, 0.29) is 29.9 Å². The van der Waals surface area contributed by atoms with Gasteiger partial charge in [0.25, 0.3) is 0 Å². The summed E-state index contributed by atoms with van der Waals surface area (Å²) in [5.74, 6) is 0.711. The van der Waals surface area contributed by atoms with E-state index in [1.807, 2.05) is 6.92 Å². The van der Waals surface area contributed by atoms with E-state index >= 15 is 0 Å². The number of benzene rings is 1. The predicted octanol–water partition coefficient (Wildman–Crippen LogP) is 2.88. The summed E-state index contributed by atoms with van der Waals surface area (Å²) in [6, 6.07) is 7.05. The fraction of sp³-hybridized carbons (Fsp3) is 0.500. The number of halogens is 2. The van der Waals surface area contributed by atoms with Gasteiger partial charge in [-0.2, -0.15) is 0 Å². The molecule has 6 nitrogen and oxygen atoms in total. The van der Waals surface area contributed by atoms with Crippen LogP contribution in [0.15, 0.2) is 29.3 Å². The maximum absolute atomic E-state index is 11.8. The number of aliphatic imine (C=N–C) groups is 1. The van der Waals surface area contributed by atoms with Crippen LogP contribution in [-0.4, -0.2) is 45.2 Å². The van der Waals surface area contributed by atoms with E-state index in [2.05, 4.69) is 20.9 Å². The summed E-state index contributed by atoms with van der Waals surface area (Å²) in [5.41, 5.74) is 0.748. The van der Waals surface area contributed by atoms with Gasteiger partial charge in [-0.1, -0.05) is 11.6 Å². The molecule has 0 radical (unpaired) electrons. The molecule has 8 heteroatoms. The van der Waals surface area contributed by atoms with Crippen molar-refractivity contribution < 1.29 is 9.53 Å². The molecular formula is C16H26ClIN4O2. The van der Waals surface area contributed by atoms with E-state index in [9.17, 15) is 4.79 Å².